The molecule has 0 bridgehead atoms. The Balaban J connectivity index is 1.42. The number of halogens is 1. The van der Waals surface area contributed by atoms with Gasteiger partial charge in [-0.2, -0.15) is 0 Å². The Hall–Kier alpha value is -3.39. The van der Waals surface area contributed by atoms with Crippen LogP contribution in [-0.2, 0) is 16.1 Å². The fourth-order valence-corrected chi connectivity index (χ4v) is 4.14. The zero-order chi connectivity index (χ0) is 22.8. The molecule has 0 aliphatic carbocycles. The highest BCUT2D eigenvalue weighted by molar-refractivity contribution is 6.32. The largest absolute Gasteiger partial charge is 0.461 e. The van der Waals surface area contributed by atoms with Crippen molar-refractivity contribution in [2.24, 2.45) is 5.92 Å². The third kappa shape index (κ3) is 4.45. The van der Waals surface area contributed by atoms with Gasteiger partial charge in [-0.25, -0.2) is 4.79 Å². The number of para-hydroxylation sites is 2. The molecule has 1 aliphatic heterocycles. The highest BCUT2D eigenvalue weighted by Crippen LogP contribution is 2.32. The first-order chi connectivity index (χ1) is 15.3. The van der Waals surface area contributed by atoms with E-state index in [1.54, 1.807) is 30.3 Å². The van der Waals surface area contributed by atoms with Crippen molar-refractivity contribution in [3.05, 3.63) is 79.1 Å². The normalized spacial score (nSPS) is 14.5. The molecule has 0 spiro atoms. The molecule has 9 heteroatoms. The lowest BCUT2D eigenvalue weighted by molar-refractivity contribution is -0.384. The fourth-order valence-electron chi connectivity index (χ4n) is 3.98. The van der Waals surface area contributed by atoms with Gasteiger partial charge < -0.3 is 14.1 Å². The van der Waals surface area contributed by atoms with Crippen LogP contribution in [0.5, 0.6) is 0 Å². The van der Waals surface area contributed by atoms with Crippen LogP contribution in [-0.4, -0.2) is 24.0 Å². The Labute approximate surface area is 188 Å². The number of aryl methyl sites for hydroxylation is 1. The summed E-state index contributed by atoms with van der Waals surface area (Å²) in [7, 11) is 0. The maximum Gasteiger partial charge on any atom is 0.336 e. The maximum absolute atomic E-state index is 12.7. The summed E-state index contributed by atoms with van der Waals surface area (Å²) in [4.78, 5) is 37.4. The number of esters is 1. The van der Waals surface area contributed by atoms with Crippen molar-refractivity contribution in [1.29, 1.82) is 0 Å². The number of nitro benzene ring substituents is 1. The van der Waals surface area contributed by atoms with E-state index in [0.717, 1.165) is 5.56 Å². The van der Waals surface area contributed by atoms with Crippen molar-refractivity contribution in [3.8, 4) is 0 Å². The van der Waals surface area contributed by atoms with E-state index in [1.807, 2.05) is 11.8 Å². The van der Waals surface area contributed by atoms with Crippen LogP contribution in [0.3, 0.4) is 0 Å². The van der Waals surface area contributed by atoms with E-state index in [2.05, 4.69) is 0 Å². The molecular formula is C23H21ClN2O6. The Bertz CT molecular complexity index is 1250. The number of carbonyl (C=O) groups is 1. The molecule has 0 amide bonds. The third-order valence-corrected chi connectivity index (χ3v) is 6.13. The molecule has 0 unspecified atom stereocenters. The fraction of sp³-hybridized carbons (Fsp3) is 0.304. The quantitative estimate of drug-likeness (QED) is 0.239. The number of hydrogen-bond donors (Lipinski definition) is 0. The number of hydrogen-bond acceptors (Lipinski definition) is 7. The molecule has 1 aliphatic rings. The van der Waals surface area contributed by atoms with Crippen molar-refractivity contribution in [2.45, 2.75) is 26.4 Å². The summed E-state index contributed by atoms with van der Waals surface area (Å²) in [6.45, 7) is 2.77. The summed E-state index contributed by atoms with van der Waals surface area (Å²) in [6, 6.07) is 11.3. The molecular weight excluding hydrogens is 436 g/mol. The summed E-state index contributed by atoms with van der Waals surface area (Å²) in [6.07, 6.45) is 1.04. The smallest absolute Gasteiger partial charge is 0.336 e. The van der Waals surface area contributed by atoms with E-state index in [4.69, 9.17) is 20.8 Å². The SMILES string of the molecule is Cc1cc2oc(=O)cc(COC(=O)C3CCN(c4ccccc4[N+](=O)[O-])CC3)c2cc1Cl. The number of ether oxygens (including phenoxy) is 1. The molecule has 0 saturated carbocycles. The molecule has 1 aromatic heterocycles. The molecule has 3 aromatic rings. The van der Waals surface area contributed by atoms with Gasteiger partial charge in [0.2, 0.25) is 0 Å². The topological polar surface area (TPSA) is 103 Å². The molecule has 1 saturated heterocycles. The Morgan fingerprint density at radius 1 is 1.25 bits per heavy atom. The summed E-state index contributed by atoms with van der Waals surface area (Å²) in [5.74, 6) is -0.668. The van der Waals surface area contributed by atoms with E-state index in [-0.39, 0.29) is 24.2 Å². The van der Waals surface area contributed by atoms with Crippen LogP contribution in [0.15, 0.2) is 51.7 Å². The third-order valence-electron chi connectivity index (χ3n) is 5.73. The number of benzene rings is 2. The number of piperidine rings is 1. The maximum atomic E-state index is 12.7. The molecule has 166 valence electrons. The highest BCUT2D eigenvalue weighted by Gasteiger charge is 2.29. The molecule has 1 fully saturated rings. The molecule has 2 aromatic carbocycles. The first-order valence-corrected chi connectivity index (χ1v) is 10.6. The average Bonchev–Trinajstić information content (AvgIpc) is 2.78. The van der Waals surface area contributed by atoms with Gasteiger partial charge in [0.25, 0.3) is 5.69 Å². The number of carbonyl (C=O) groups excluding carboxylic acids is 1. The molecule has 0 atom stereocenters. The van der Waals surface area contributed by atoms with Gasteiger partial charge in [0.05, 0.1) is 10.8 Å². The van der Waals surface area contributed by atoms with Gasteiger partial charge in [0.1, 0.15) is 17.9 Å². The Kier molecular flexibility index (Phi) is 6.14. The van der Waals surface area contributed by atoms with Gasteiger partial charge >= 0.3 is 11.6 Å². The van der Waals surface area contributed by atoms with Crippen LogP contribution in [0.25, 0.3) is 11.0 Å². The first-order valence-electron chi connectivity index (χ1n) is 10.2. The summed E-state index contributed by atoms with van der Waals surface area (Å²) in [5.41, 5.74) is 1.79. The predicted molar refractivity (Wildman–Crippen MR) is 120 cm³/mol. The zero-order valence-corrected chi connectivity index (χ0v) is 18.1. The number of rotatable bonds is 5. The average molecular weight is 457 g/mol. The second-order valence-electron chi connectivity index (χ2n) is 7.80. The molecule has 0 N–H and O–H groups in total. The van der Waals surface area contributed by atoms with Crippen LogP contribution in [0.2, 0.25) is 5.02 Å². The monoisotopic (exact) mass is 456 g/mol. The van der Waals surface area contributed by atoms with E-state index in [0.29, 0.717) is 53.2 Å². The first kappa shape index (κ1) is 21.8. The van der Waals surface area contributed by atoms with Gasteiger partial charge in [-0.1, -0.05) is 23.7 Å². The minimum absolute atomic E-state index is 0.0530. The van der Waals surface area contributed by atoms with Crippen molar-refractivity contribution in [3.63, 3.8) is 0 Å². The van der Waals surface area contributed by atoms with Crippen molar-refractivity contribution >= 4 is 39.9 Å². The van der Waals surface area contributed by atoms with Crippen LogP contribution >= 0.6 is 11.6 Å². The molecule has 0 radical (unpaired) electrons. The molecule has 32 heavy (non-hydrogen) atoms. The highest BCUT2D eigenvalue weighted by atomic mass is 35.5. The van der Waals surface area contributed by atoms with E-state index in [1.165, 1.54) is 12.1 Å². The second kappa shape index (κ2) is 9.00. The van der Waals surface area contributed by atoms with Gasteiger partial charge in [-0.15, -0.1) is 0 Å². The van der Waals surface area contributed by atoms with E-state index < -0.39 is 10.5 Å². The van der Waals surface area contributed by atoms with Gasteiger partial charge in [-0.05, 0) is 43.5 Å². The lowest BCUT2D eigenvalue weighted by Crippen LogP contribution is -2.37. The minimum Gasteiger partial charge on any atom is -0.461 e. The van der Waals surface area contributed by atoms with Crippen LogP contribution in [0.4, 0.5) is 11.4 Å². The summed E-state index contributed by atoms with van der Waals surface area (Å²) in [5, 5.41) is 12.4. The van der Waals surface area contributed by atoms with Gasteiger partial charge in [0.15, 0.2) is 0 Å². The summed E-state index contributed by atoms with van der Waals surface area (Å²) < 4.78 is 10.7. The zero-order valence-electron chi connectivity index (χ0n) is 17.4. The number of fused-ring (bicyclic) bond motifs is 1. The Morgan fingerprint density at radius 2 is 1.97 bits per heavy atom. The number of anilines is 1. The van der Waals surface area contributed by atoms with Gasteiger partial charge in [-0.3, -0.25) is 14.9 Å². The molecule has 4 rings (SSSR count). The van der Waals surface area contributed by atoms with Gasteiger partial charge in [0, 0.05) is 41.2 Å². The number of nitrogens with zero attached hydrogens (tertiary/aromatic N) is 2. The van der Waals surface area contributed by atoms with Crippen LogP contribution < -0.4 is 10.5 Å². The summed E-state index contributed by atoms with van der Waals surface area (Å²) >= 11 is 6.20. The van der Waals surface area contributed by atoms with Crippen molar-refractivity contribution in [1.82, 2.24) is 0 Å². The Morgan fingerprint density at radius 3 is 2.69 bits per heavy atom. The van der Waals surface area contributed by atoms with E-state index in [9.17, 15) is 19.7 Å². The van der Waals surface area contributed by atoms with Crippen molar-refractivity contribution < 1.29 is 18.9 Å². The number of nitro groups is 1. The second-order valence-corrected chi connectivity index (χ2v) is 8.21. The van der Waals surface area contributed by atoms with Crippen molar-refractivity contribution in [2.75, 3.05) is 18.0 Å². The van der Waals surface area contributed by atoms with E-state index >= 15 is 0 Å². The predicted octanol–water partition coefficient (Wildman–Crippen LogP) is 4.62. The lowest BCUT2D eigenvalue weighted by Gasteiger charge is -2.32. The van der Waals surface area contributed by atoms with Crippen LogP contribution in [0.1, 0.15) is 24.0 Å². The molecule has 2 heterocycles. The molecule has 8 nitrogen and oxygen atoms in total. The standard InChI is InChI=1S/C23H21ClN2O6/c1-14-10-21-17(12-18(14)24)16(11-22(27)32-21)13-31-23(28)15-6-8-25(9-7-15)19-4-2-3-5-20(19)26(29)30/h2-5,10-12,15H,6-9,13H2,1H3. The lowest BCUT2D eigenvalue weighted by atomic mass is 9.96. The van der Waals surface area contributed by atoms with Crippen LogP contribution in [0, 0.1) is 23.0 Å². The minimum atomic E-state index is -0.525.